The number of carbonyl (C=O) groups excluding carboxylic acids is 1. The van der Waals surface area contributed by atoms with E-state index in [9.17, 15) is 4.79 Å². The number of ether oxygens (including phenoxy) is 1. The largest absolute Gasteiger partial charge is 0.372 e. The van der Waals surface area contributed by atoms with Gasteiger partial charge in [0.05, 0.1) is 0 Å². The quantitative estimate of drug-likeness (QED) is 0.659. The second-order valence-electron chi connectivity index (χ2n) is 4.13. The summed E-state index contributed by atoms with van der Waals surface area (Å²) in [7, 11) is 1.57. The summed E-state index contributed by atoms with van der Waals surface area (Å²) in [6.45, 7) is 8.01. The van der Waals surface area contributed by atoms with Gasteiger partial charge in [0.2, 0.25) is 0 Å². The fourth-order valence-electron chi connectivity index (χ4n) is 1.47. The van der Waals surface area contributed by atoms with Crippen LogP contribution >= 0.6 is 0 Å². The van der Waals surface area contributed by atoms with Crippen LogP contribution in [0.3, 0.4) is 0 Å². The minimum absolute atomic E-state index is 0.124. The zero-order valence-electron chi connectivity index (χ0n) is 8.91. The van der Waals surface area contributed by atoms with Crippen molar-refractivity contribution in [2.45, 2.75) is 26.9 Å². The summed E-state index contributed by atoms with van der Waals surface area (Å²) in [4.78, 5) is 13.4. The van der Waals surface area contributed by atoms with Crippen molar-refractivity contribution >= 4 is 5.91 Å². The van der Waals surface area contributed by atoms with E-state index in [-0.39, 0.29) is 12.0 Å². The second-order valence-corrected chi connectivity index (χ2v) is 4.13. The molecule has 0 radical (unpaired) electrons. The number of rotatable bonds is 3. The van der Waals surface area contributed by atoms with Crippen molar-refractivity contribution in [3.05, 3.63) is 0 Å². The third-order valence-corrected chi connectivity index (χ3v) is 2.87. The molecule has 0 aliphatic carbocycles. The zero-order chi connectivity index (χ0) is 10.0. The van der Waals surface area contributed by atoms with Crippen LogP contribution < -0.4 is 0 Å². The summed E-state index contributed by atoms with van der Waals surface area (Å²) in [6, 6.07) is 0. The Morgan fingerprint density at radius 2 is 1.92 bits per heavy atom. The van der Waals surface area contributed by atoms with Crippen molar-refractivity contribution in [1.29, 1.82) is 0 Å². The topological polar surface area (TPSA) is 29.5 Å². The van der Waals surface area contributed by atoms with Crippen molar-refractivity contribution in [2.75, 3.05) is 20.2 Å². The first-order chi connectivity index (χ1) is 6.06. The Bertz CT molecular complexity index is 185. The molecule has 0 aromatic heterocycles. The van der Waals surface area contributed by atoms with Crippen molar-refractivity contribution in [1.82, 2.24) is 4.90 Å². The molecule has 0 saturated carbocycles. The summed E-state index contributed by atoms with van der Waals surface area (Å²) in [5.41, 5.74) is 0. The lowest BCUT2D eigenvalue weighted by Crippen LogP contribution is -2.54. The van der Waals surface area contributed by atoms with Crippen molar-refractivity contribution in [3.63, 3.8) is 0 Å². The monoisotopic (exact) mass is 185 g/mol. The summed E-state index contributed by atoms with van der Waals surface area (Å²) in [5.74, 6) is 1.49. The smallest absolute Gasteiger partial charge is 0.251 e. The van der Waals surface area contributed by atoms with Crippen LogP contribution in [0.2, 0.25) is 0 Å². The van der Waals surface area contributed by atoms with Crippen LogP contribution in [-0.4, -0.2) is 37.1 Å². The molecule has 1 aliphatic heterocycles. The Kier molecular flexibility index (Phi) is 3.31. The Labute approximate surface area is 80.1 Å². The van der Waals surface area contributed by atoms with Crippen LogP contribution in [0.5, 0.6) is 0 Å². The van der Waals surface area contributed by atoms with E-state index in [1.807, 2.05) is 4.90 Å². The van der Waals surface area contributed by atoms with Gasteiger partial charge < -0.3 is 9.64 Å². The second kappa shape index (κ2) is 4.09. The highest BCUT2D eigenvalue weighted by Gasteiger charge is 2.34. The van der Waals surface area contributed by atoms with E-state index < -0.39 is 0 Å². The van der Waals surface area contributed by atoms with Crippen LogP contribution in [0.1, 0.15) is 20.8 Å². The lowest BCUT2D eigenvalue weighted by Gasteiger charge is -2.42. The minimum Gasteiger partial charge on any atom is -0.372 e. The number of carbonyl (C=O) groups is 1. The molecule has 13 heavy (non-hydrogen) atoms. The Morgan fingerprint density at radius 1 is 1.38 bits per heavy atom. The fraction of sp³-hybridized carbons (Fsp3) is 0.900. The van der Waals surface area contributed by atoms with Gasteiger partial charge >= 0.3 is 0 Å². The first-order valence-corrected chi connectivity index (χ1v) is 4.87. The number of methoxy groups -OCH3 is 1. The van der Waals surface area contributed by atoms with Gasteiger partial charge in [-0.2, -0.15) is 0 Å². The van der Waals surface area contributed by atoms with E-state index in [1.165, 1.54) is 0 Å². The van der Waals surface area contributed by atoms with Gasteiger partial charge in [-0.15, -0.1) is 0 Å². The average Bonchev–Trinajstić information content (AvgIpc) is 1.99. The van der Waals surface area contributed by atoms with Crippen LogP contribution in [0.25, 0.3) is 0 Å². The van der Waals surface area contributed by atoms with Gasteiger partial charge in [-0.1, -0.05) is 13.8 Å². The summed E-state index contributed by atoms with van der Waals surface area (Å²) in [5, 5.41) is 0. The normalized spacial score (nSPS) is 20.2. The molecule has 0 aromatic rings. The van der Waals surface area contributed by atoms with Crippen molar-refractivity contribution < 1.29 is 9.53 Å². The molecule has 1 fully saturated rings. The highest BCUT2D eigenvalue weighted by Crippen LogP contribution is 2.23. The summed E-state index contributed by atoms with van der Waals surface area (Å²) < 4.78 is 4.97. The van der Waals surface area contributed by atoms with Gasteiger partial charge in [0.25, 0.3) is 5.91 Å². The molecule has 1 heterocycles. The maximum Gasteiger partial charge on any atom is 0.251 e. The van der Waals surface area contributed by atoms with E-state index in [1.54, 1.807) is 14.0 Å². The Balaban J connectivity index is 2.31. The molecule has 1 atom stereocenters. The summed E-state index contributed by atoms with van der Waals surface area (Å²) >= 11 is 0. The number of likely N-dealkylation sites (tertiary alicyclic amines) is 1. The molecular weight excluding hydrogens is 166 g/mol. The highest BCUT2D eigenvalue weighted by atomic mass is 16.5. The number of hydrogen-bond acceptors (Lipinski definition) is 2. The predicted octanol–water partition coefficient (Wildman–Crippen LogP) is 1.14. The Morgan fingerprint density at radius 3 is 2.31 bits per heavy atom. The molecule has 0 N–H and O–H groups in total. The third kappa shape index (κ3) is 2.21. The summed E-state index contributed by atoms with van der Waals surface area (Å²) in [6.07, 6.45) is -0.284. The number of nitrogens with zero attached hydrogens (tertiary/aromatic N) is 1. The lowest BCUT2D eigenvalue weighted by atomic mass is 9.88. The molecule has 76 valence electrons. The first-order valence-electron chi connectivity index (χ1n) is 4.87. The van der Waals surface area contributed by atoms with Crippen molar-refractivity contribution in [3.8, 4) is 0 Å². The van der Waals surface area contributed by atoms with Gasteiger partial charge in [0.15, 0.2) is 0 Å². The molecule has 1 rings (SSSR count). The zero-order valence-corrected chi connectivity index (χ0v) is 8.91. The maximum atomic E-state index is 11.5. The number of hydrogen-bond donors (Lipinski definition) is 0. The van der Waals surface area contributed by atoms with Crippen molar-refractivity contribution in [2.24, 2.45) is 11.8 Å². The molecule has 3 heteroatoms. The lowest BCUT2D eigenvalue weighted by molar-refractivity contribution is -0.148. The molecule has 0 unspecified atom stereocenters. The molecule has 0 spiro atoms. The van der Waals surface area contributed by atoms with Gasteiger partial charge in [0.1, 0.15) is 6.10 Å². The Hall–Kier alpha value is -0.570. The molecule has 1 aliphatic rings. The van der Waals surface area contributed by atoms with Gasteiger partial charge in [0, 0.05) is 20.2 Å². The SMILES string of the molecule is CO[C@H](C)C(=O)N1CC(C(C)C)C1. The van der Waals surface area contributed by atoms with Gasteiger partial charge in [-0.25, -0.2) is 0 Å². The molecule has 1 saturated heterocycles. The standard InChI is InChI=1S/C10H19NO2/c1-7(2)9-5-11(6-9)10(12)8(3)13-4/h7-9H,5-6H2,1-4H3/t8-/m1/s1. The number of amides is 1. The van der Waals surface area contributed by atoms with Crippen LogP contribution in [-0.2, 0) is 9.53 Å². The highest BCUT2D eigenvalue weighted by molar-refractivity contribution is 5.81. The first kappa shape index (κ1) is 10.5. The maximum absolute atomic E-state index is 11.5. The molecule has 3 nitrogen and oxygen atoms in total. The van der Waals surface area contributed by atoms with E-state index in [0.717, 1.165) is 13.1 Å². The average molecular weight is 185 g/mol. The fourth-order valence-corrected chi connectivity index (χ4v) is 1.47. The van der Waals surface area contributed by atoms with Gasteiger partial charge in [-0.3, -0.25) is 4.79 Å². The van der Waals surface area contributed by atoms with Gasteiger partial charge in [-0.05, 0) is 18.8 Å². The van der Waals surface area contributed by atoms with E-state index >= 15 is 0 Å². The third-order valence-electron chi connectivity index (χ3n) is 2.87. The molecule has 0 aromatic carbocycles. The van der Waals surface area contributed by atoms with Crippen LogP contribution in [0.15, 0.2) is 0 Å². The van der Waals surface area contributed by atoms with E-state index in [4.69, 9.17) is 4.74 Å². The van der Waals surface area contributed by atoms with E-state index in [0.29, 0.717) is 11.8 Å². The molecule has 1 amide bonds. The van der Waals surface area contributed by atoms with Crippen LogP contribution in [0, 0.1) is 11.8 Å². The van der Waals surface area contributed by atoms with Crippen LogP contribution in [0.4, 0.5) is 0 Å². The van der Waals surface area contributed by atoms with E-state index in [2.05, 4.69) is 13.8 Å². The molecule has 0 bridgehead atoms. The molecular formula is C10H19NO2. The minimum atomic E-state index is -0.284. The predicted molar refractivity (Wildman–Crippen MR) is 51.4 cm³/mol.